The lowest BCUT2D eigenvalue weighted by Crippen LogP contribution is -2.12. The quantitative estimate of drug-likeness (QED) is 0.710. The Morgan fingerprint density at radius 3 is 2.50 bits per heavy atom. The molecule has 0 saturated carbocycles. The SMILES string of the molecule is COc1ccccc1NC(=O)c1ccc(-c2ncccc2Cl)c(OC)c1. The van der Waals surface area contributed by atoms with Crippen LogP contribution in [-0.4, -0.2) is 25.1 Å². The first-order valence-corrected chi connectivity index (χ1v) is 8.25. The normalized spacial score (nSPS) is 10.3. The van der Waals surface area contributed by atoms with Crippen molar-refractivity contribution in [1.29, 1.82) is 0 Å². The van der Waals surface area contributed by atoms with Crippen LogP contribution in [0.4, 0.5) is 5.69 Å². The van der Waals surface area contributed by atoms with Gasteiger partial charge in [-0.2, -0.15) is 0 Å². The van der Waals surface area contributed by atoms with Gasteiger partial charge in [-0.05, 0) is 42.5 Å². The number of aromatic nitrogens is 1. The molecule has 0 spiro atoms. The maximum atomic E-state index is 12.6. The first-order chi connectivity index (χ1) is 12.6. The molecule has 26 heavy (non-hydrogen) atoms. The average molecular weight is 369 g/mol. The zero-order valence-corrected chi connectivity index (χ0v) is 15.1. The number of carbonyl (C=O) groups excluding carboxylic acids is 1. The predicted molar refractivity (Wildman–Crippen MR) is 102 cm³/mol. The zero-order chi connectivity index (χ0) is 18.5. The molecule has 0 bridgehead atoms. The summed E-state index contributed by atoms with van der Waals surface area (Å²) < 4.78 is 10.7. The van der Waals surface area contributed by atoms with Crippen molar-refractivity contribution in [2.45, 2.75) is 0 Å². The van der Waals surface area contributed by atoms with Crippen LogP contribution in [0.15, 0.2) is 60.8 Å². The number of methoxy groups -OCH3 is 2. The van der Waals surface area contributed by atoms with Crippen molar-refractivity contribution in [2.75, 3.05) is 19.5 Å². The van der Waals surface area contributed by atoms with Gasteiger partial charge in [0.05, 0.1) is 30.6 Å². The van der Waals surface area contributed by atoms with Crippen LogP contribution in [0.25, 0.3) is 11.3 Å². The maximum Gasteiger partial charge on any atom is 0.255 e. The topological polar surface area (TPSA) is 60.5 Å². The Balaban J connectivity index is 1.92. The summed E-state index contributed by atoms with van der Waals surface area (Å²) in [5.41, 5.74) is 2.36. The minimum absolute atomic E-state index is 0.272. The lowest BCUT2D eigenvalue weighted by Gasteiger charge is -2.13. The summed E-state index contributed by atoms with van der Waals surface area (Å²) in [6, 6.07) is 15.9. The van der Waals surface area contributed by atoms with Crippen molar-refractivity contribution < 1.29 is 14.3 Å². The smallest absolute Gasteiger partial charge is 0.255 e. The van der Waals surface area contributed by atoms with E-state index in [0.717, 1.165) is 0 Å². The van der Waals surface area contributed by atoms with Gasteiger partial charge in [0, 0.05) is 17.3 Å². The Kier molecular flexibility index (Phi) is 5.39. The molecule has 1 heterocycles. The maximum absolute atomic E-state index is 12.6. The van der Waals surface area contributed by atoms with E-state index in [-0.39, 0.29) is 5.91 Å². The van der Waals surface area contributed by atoms with E-state index in [4.69, 9.17) is 21.1 Å². The van der Waals surface area contributed by atoms with Crippen molar-refractivity contribution >= 4 is 23.2 Å². The van der Waals surface area contributed by atoms with E-state index in [1.165, 1.54) is 7.11 Å². The second-order valence-corrected chi connectivity index (χ2v) is 5.81. The number of anilines is 1. The molecule has 5 nitrogen and oxygen atoms in total. The molecule has 0 aliphatic carbocycles. The molecule has 0 aliphatic heterocycles. The van der Waals surface area contributed by atoms with Gasteiger partial charge in [0.2, 0.25) is 0 Å². The molecule has 0 radical (unpaired) electrons. The highest BCUT2D eigenvalue weighted by Crippen LogP contribution is 2.34. The Hall–Kier alpha value is -3.05. The van der Waals surface area contributed by atoms with Crippen LogP contribution in [0.5, 0.6) is 11.5 Å². The highest BCUT2D eigenvalue weighted by atomic mass is 35.5. The second-order valence-electron chi connectivity index (χ2n) is 5.40. The monoisotopic (exact) mass is 368 g/mol. The van der Waals surface area contributed by atoms with Crippen LogP contribution in [0.1, 0.15) is 10.4 Å². The van der Waals surface area contributed by atoms with Gasteiger partial charge in [0.1, 0.15) is 11.5 Å². The Morgan fingerprint density at radius 2 is 1.77 bits per heavy atom. The third-order valence-corrected chi connectivity index (χ3v) is 4.14. The molecule has 0 atom stereocenters. The largest absolute Gasteiger partial charge is 0.496 e. The second kappa shape index (κ2) is 7.89. The molecule has 1 amide bonds. The summed E-state index contributed by atoms with van der Waals surface area (Å²) in [5, 5.41) is 3.35. The third-order valence-electron chi connectivity index (χ3n) is 3.83. The molecule has 3 aromatic rings. The first-order valence-electron chi connectivity index (χ1n) is 7.87. The lowest BCUT2D eigenvalue weighted by molar-refractivity contribution is 0.102. The summed E-state index contributed by atoms with van der Waals surface area (Å²) in [4.78, 5) is 16.9. The number of amides is 1. The van der Waals surface area contributed by atoms with Crippen molar-refractivity contribution in [2.24, 2.45) is 0 Å². The van der Waals surface area contributed by atoms with Crippen molar-refractivity contribution in [3.05, 3.63) is 71.4 Å². The summed E-state index contributed by atoms with van der Waals surface area (Å²) in [5.74, 6) is 0.828. The van der Waals surface area contributed by atoms with E-state index < -0.39 is 0 Å². The molecule has 3 rings (SSSR count). The van der Waals surface area contributed by atoms with Crippen LogP contribution in [-0.2, 0) is 0 Å². The highest BCUT2D eigenvalue weighted by Gasteiger charge is 2.15. The van der Waals surface area contributed by atoms with E-state index in [1.54, 1.807) is 55.8 Å². The average Bonchev–Trinajstić information content (AvgIpc) is 2.68. The molecular weight excluding hydrogens is 352 g/mol. The van der Waals surface area contributed by atoms with Gasteiger partial charge in [-0.3, -0.25) is 9.78 Å². The first kappa shape index (κ1) is 17.8. The van der Waals surface area contributed by atoms with Gasteiger partial charge in [0.25, 0.3) is 5.91 Å². The number of halogens is 1. The lowest BCUT2D eigenvalue weighted by atomic mass is 10.1. The van der Waals surface area contributed by atoms with E-state index >= 15 is 0 Å². The molecule has 0 aliphatic rings. The number of para-hydroxylation sites is 2. The predicted octanol–water partition coefficient (Wildman–Crippen LogP) is 4.67. The number of ether oxygens (including phenoxy) is 2. The number of carbonyl (C=O) groups is 1. The van der Waals surface area contributed by atoms with Crippen LogP contribution < -0.4 is 14.8 Å². The van der Waals surface area contributed by atoms with Gasteiger partial charge in [-0.1, -0.05) is 23.7 Å². The highest BCUT2D eigenvalue weighted by molar-refractivity contribution is 6.33. The van der Waals surface area contributed by atoms with E-state index in [9.17, 15) is 4.79 Å². The fourth-order valence-corrected chi connectivity index (χ4v) is 2.78. The molecule has 1 aromatic heterocycles. The third kappa shape index (κ3) is 3.63. The van der Waals surface area contributed by atoms with Gasteiger partial charge in [-0.25, -0.2) is 0 Å². The number of hydrogen-bond acceptors (Lipinski definition) is 4. The number of pyridine rings is 1. The summed E-state index contributed by atoms with van der Waals surface area (Å²) >= 11 is 6.22. The van der Waals surface area contributed by atoms with E-state index in [2.05, 4.69) is 10.3 Å². The van der Waals surface area contributed by atoms with Crippen LogP contribution in [0, 0.1) is 0 Å². The molecule has 0 unspecified atom stereocenters. The van der Waals surface area contributed by atoms with Crippen molar-refractivity contribution in [1.82, 2.24) is 4.98 Å². The van der Waals surface area contributed by atoms with Crippen LogP contribution >= 0.6 is 11.6 Å². The van der Waals surface area contributed by atoms with Gasteiger partial charge in [-0.15, -0.1) is 0 Å². The zero-order valence-electron chi connectivity index (χ0n) is 14.3. The number of nitrogens with one attached hydrogen (secondary N) is 1. The molecule has 6 heteroatoms. The standard InChI is InChI=1S/C20H17ClN2O3/c1-25-17-8-4-3-7-16(17)23-20(24)13-9-10-14(18(12-13)26-2)19-15(21)6-5-11-22-19/h3-12H,1-2H3,(H,23,24). The van der Waals surface area contributed by atoms with Crippen LogP contribution in [0.2, 0.25) is 5.02 Å². The van der Waals surface area contributed by atoms with Crippen molar-refractivity contribution in [3.8, 4) is 22.8 Å². The molecule has 2 aromatic carbocycles. The fraction of sp³-hybridized carbons (Fsp3) is 0.100. The van der Waals surface area contributed by atoms with Gasteiger partial charge in [0.15, 0.2) is 0 Å². The Labute approximate surface area is 156 Å². The summed E-state index contributed by atoms with van der Waals surface area (Å²) in [7, 11) is 3.09. The summed E-state index contributed by atoms with van der Waals surface area (Å²) in [6.45, 7) is 0. The Bertz CT molecular complexity index is 944. The van der Waals surface area contributed by atoms with Gasteiger partial charge < -0.3 is 14.8 Å². The van der Waals surface area contributed by atoms with Crippen LogP contribution in [0.3, 0.4) is 0 Å². The minimum atomic E-state index is -0.272. The molecule has 1 N–H and O–H groups in total. The van der Waals surface area contributed by atoms with E-state index in [1.807, 2.05) is 12.1 Å². The molecule has 132 valence electrons. The minimum Gasteiger partial charge on any atom is -0.496 e. The van der Waals surface area contributed by atoms with Crippen molar-refractivity contribution in [3.63, 3.8) is 0 Å². The molecule has 0 saturated heterocycles. The number of rotatable bonds is 5. The van der Waals surface area contributed by atoms with E-state index in [0.29, 0.717) is 39.0 Å². The number of nitrogens with zero attached hydrogens (tertiary/aromatic N) is 1. The molecule has 0 fully saturated rings. The van der Waals surface area contributed by atoms with Gasteiger partial charge >= 0.3 is 0 Å². The fourth-order valence-electron chi connectivity index (χ4n) is 2.55. The molecular formula is C20H17ClN2O3. The number of hydrogen-bond donors (Lipinski definition) is 1. The Morgan fingerprint density at radius 1 is 1.00 bits per heavy atom. The number of benzene rings is 2. The summed E-state index contributed by atoms with van der Waals surface area (Å²) in [6.07, 6.45) is 1.66.